The molecule has 0 aromatic heterocycles. The summed E-state index contributed by atoms with van der Waals surface area (Å²) in [6.45, 7) is 11.2. The van der Waals surface area contributed by atoms with Gasteiger partial charge in [0.15, 0.2) is 0 Å². The van der Waals surface area contributed by atoms with Crippen LogP contribution in [-0.4, -0.2) is 46.9 Å². The van der Waals surface area contributed by atoms with Crippen molar-refractivity contribution in [2.45, 2.75) is 71.6 Å². The van der Waals surface area contributed by atoms with E-state index in [1.807, 2.05) is 13.8 Å². The van der Waals surface area contributed by atoms with Gasteiger partial charge in [-0.05, 0) is 44.6 Å². The van der Waals surface area contributed by atoms with E-state index in [4.69, 9.17) is 5.73 Å². The molecule has 1 heterocycles. The quantitative estimate of drug-likeness (QED) is 0.825. The maximum Gasteiger partial charge on any atom is 0.240 e. The molecule has 1 fully saturated rings. The molecule has 1 aromatic carbocycles. The van der Waals surface area contributed by atoms with E-state index in [1.165, 1.54) is 12.0 Å². The second-order valence-corrected chi connectivity index (χ2v) is 7.96. The third-order valence-electron chi connectivity index (χ3n) is 5.32. The van der Waals surface area contributed by atoms with Crippen LogP contribution in [-0.2, 0) is 11.3 Å². The third-order valence-corrected chi connectivity index (χ3v) is 5.32. The van der Waals surface area contributed by atoms with E-state index >= 15 is 0 Å². The lowest BCUT2D eigenvalue weighted by atomic mass is 9.97. The monoisotopic (exact) mass is 345 g/mol. The van der Waals surface area contributed by atoms with Gasteiger partial charge in [-0.3, -0.25) is 9.69 Å². The Bertz CT molecular complexity index is 529. The van der Waals surface area contributed by atoms with Gasteiger partial charge in [-0.15, -0.1) is 0 Å². The topological polar surface area (TPSA) is 49.6 Å². The SMILES string of the molecule is CC(C)C(N)C(=O)N1CCCC[C@H]1CN(Cc1ccccc1)C(C)C. The Morgan fingerprint density at radius 2 is 1.88 bits per heavy atom. The molecule has 1 aliphatic heterocycles. The summed E-state index contributed by atoms with van der Waals surface area (Å²) in [5.74, 6) is 0.309. The molecule has 4 nitrogen and oxygen atoms in total. The van der Waals surface area contributed by atoms with Crippen molar-refractivity contribution in [3.8, 4) is 0 Å². The number of carbonyl (C=O) groups excluding carboxylic acids is 1. The molecule has 25 heavy (non-hydrogen) atoms. The van der Waals surface area contributed by atoms with E-state index in [1.54, 1.807) is 0 Å². The zero-order chi connectivity index (χ0) is 18.4. The van der Waals surface area contributed by atoms with Crippen LogP contribution in [0.1, 0.15) is 52.5 Å². The highest BCUT2D eigenvalue weighted by molar-refractivity contribution is 5.82. The van der Waals surface area contributed by atoms with Gasteiger partial charge in [-0.25, -0.2) is 0 Å². The molecule has 1 aromatic rings. The van der Waals surface area contributed by atoms with E-state index in [-0.39, 0.29) is 23.9 Å². The van der Waals surface area contributed by atoms with Gasteiger partial charge in [0, 0.05) is 31.7 Å². The van der Waals surface area contributed by atoms with Crippen LogP contribution < -0.4 is 5.73 Å². The van der Waals surface area contributed by atoms with Crippen molar-refractivity contribution >= 4 is 5.91 Å². The second kappa shape index (κ2) is 9.35. The van der Waals surface area contributed by atoms with Crippen molar-refractivity contribution in [1.82, 2.24) is 9.80 Å². The predicted molar refractivity (Wildman–Crippen MR) is 104 cm³/mol. The summed E-state index contributed by atoms with van der Waals surface area (Å²) in [5.41, 5.74) is 7.49. The molecule has 2 atom stereocenters. The van der Waals surface area contributed by atoms with Crippen LogP contribution >= 0.6 is 0 Å². The first-order valence-corrected chi connectivity index (χ1v) is 9.74. The normalized spacial score (nSPS) is 19.7. The van der Waals surface area contributed by atoms with Gasteiger partial charge in [0.25, 0.3) is 0 Å². The van der Waals surface area contributed by atoms with Crippen LogP contribution in [0, 0.1) is 5.92 Å². The summed E-state index contributed by atoms with van der Waals surface area (Å²) in [6.07, 6.45) is 3.37. The molecule has 0 aliphatic carbocycles. The minimum Gasteiger partial charge on any atom is -0.337 e. The van der Waals surface area contributed by atoms with E-state index in [0.717, 1.165) is 32.5 Å². The predicted octanol–water partition coefficient (Wildman–Crippen LogP) is 3.26. The van der Waals surface area contributed by atoms with Crippen LogP contribution in [0.3, 0.4) is 0 Å². The van der Waals surface area contributed by atoms with E-state index in [9.17, 15) is 4.79 Å². The molecule has 0 spiro atoms. The number of amides is 1. The van der Waals surface area contributed by atoms with Gasteiger partial charge in [0.05, 0.1) is 6.04 Å². The minimum atomic E-state index is -0.387. The standard InChI is InChI=1S/C21H35N3O/c1-16(2)20(22)21(25)24-13-9-8-12-19(24)15-23(17(3)4)14-18-10-6-5-7-11-18/h5-7,10-11,16-17,19-20H,8-9,12-15,22H2,1-4H3/t19-,20?/m0/s1. The van der Waals surface area contributed by atoms with Crippen molar-refractivity contribution in [1.29, 1.82) is 0 Å². The average Bonchev–Trinajstić information content (AvgIpc) is 2.61. The lowest BCUT2D eigenvalue weighted by Gasteiger charge is -2.41. The van der Waals surface area contributed by atoms with Crippen molar-refractivity contribution in [2.75, 3.05) is 13.1 Å². The zero-order valence-corrected chi connectivity index (χ0v) is 16.3. The fraction of sp³-hybridized carbons (Fsp3) is 0.667. The Morgan fingerprint density at radius 1 is 1.20 bits per heavy atom. The maximum absolute atomic E-state index is 12.8. The highest BCUT2D eigenvalue weighted by Gasteiger charge is 2.32. The molecule has 0 radical (unpaired) electrons. The maximum atomic E-state index is 12.8. The van der Waals surface area contributed by atoms with Gasteiger partial charge < -0.3 is 10.6 Å². The lowest BCUT2D eigenvalue weighted by Crippen LogP contribution is -2.55. The Kier molecular flexibility index (Phi) is 7.45. The fourth-order valence-electron chi connectivity index (χ4n) is 3.50. The number of nitrogens with zero attached hydrogens (tertiary/aromatic N) is 2. The Balaban J connectivity index is 2.08. The molecular weight excluding hydrogens is 310 g/mol. The first kappa shape index (κ1) is 19.9. The van der Waals surface area contributed by atoms with Crippen LogP contribution in [0.2, 0.25) is 0 Å². The van der Waals surface area contributed by atoms with Gasteiger partial charge in [-0.2, -0.15) is 0 Å². The highest BCUT2D eigenvalue weighted by Crippen LogP contribution is 2.22. The van der Waals surface area contributed by atoms with Crippen LogP contribution in [0.5, 0.6) is 0 Å². The number of likely N-dealkylation sites (tertiary alicyclic amines) is 1. The summed E-state index contributed by atoms with van der Waals surface area (Å²) in [5, 5.41) is 0. The summed E-state index contributed by atoms with van der Waals surface area (Å²) >= 11 is 0. The summed E-state index contributed by atoms with van der Waals surface area (Å²) in [4.78, 5) is 17.4. The molecule has 2 N–H and O–H groups in total. The highest BCUT2D eigenvalue weighted by atomic mass is 16.2. The average molecular weight is 346 g/mol. The van der Waals surface area contributed by atoms with Crippen molar-refractivity contribution in [2.24, 2.45) is 11.7 Å². The first-order chi connectivity index (χ1) is 11.9. The summed E-state index contributed by atoms with van der Waals surface area (Å²) in [6, 6.07) is 10.9. The van der Waals surface area contributed by atoms with Gasteiger partial charge in [-0.1, -0.05) is 44.2 Å². The molecule has 0 saturated carbocycles. The third kappa shape index (κ3) is 5.55. The molecule has 1 aliphatic rings. The summed E-state index contributed by atoms with van der Waals surface area (Å²) < 4.78 is 0. The lowest BCUT2D eigenvalue weighted by molar-refractivity contribution is -0.138. The minimum absolute atomic E-state index is 0.128. The molecule has 0 bridgehead atoms. The van der Waals surface area contributed by atoms with E-state index in [0.29, 0.717) is 6.04 Å². The number of nitrogens with two attached hydrogens (primary N) is 1. The van der Waals surface area contributed by atoms with Gasteiger partial charge in [0.2, 0.25) is 5.91 Å². The number of hydrogen-bond acceptors (Lipinski definition) is 3. The largest absolute Gasteiger partial charge is 0.337 e. The number of rotatable bonds is 7. The molecular formula is C21H35N3O. The van der Waals surface area contributed by atoms with Crippen molar-refractivity contribution < 1.29 is 4.79 Å². The Labute approximate surface area is 153 Å². The zero-order valence-electron chi connectivity index (χ0n) is 16.3. The molecule has 140 valence electrons. The van der Waals surface area contributed by atoms with Crippen molar-refractivity contribution in [3.05, 3.63) is 35.9 Å². The smallest absolute Gasteiger partial charge is 0.240 e. The summed E-state index contributed by atoms with van der Waals surface area (Å²) in [7, 11) is 0. The second-order valence-electron chi connectivity index (χ2n) is 7.96. The van der Waals surface area contributed by atoms with Crippen LogP contribution in [0.4, 0.5) is 0 Å². The first-order valence-electron chi connectivity index (χ1n) is 9.74. The van der Waals surface area contributed by atoms with E-state index < -0.39 is 0 Å². The number of piperidine rings is 1. The number of carbonyl (C=O) groups is 1. The number of benzene rings is 1. The molecule has 4 heteroatoms. The van der Waals surface area contributed by atoms with E-state index in [2.05, 4.69) is 54.0 Å². The Morgan fingerprint density at radius 3 is 2.48 bits per heavy atom. The van der Waals surface area contributed by atoms with Crippen LogP contribution in [0.25, 0.3) is 0 Å². The molecule has 1 saturated heterocycles. The Hall–Kier alpha value is -1.39. The number of hydrogen-bond donors (Lipinski definition) is 1. The molecule has 2 rings (SSSR count). The van der Waals surface area contributed by atoms with Gasteiger partial charge in [0.1, 0.15) is 0 Å². The van der Waals surface area contributed by atoms with Gasteiger partial charge >= 0.3 is 0 Å². The van der Waals surface area contributed by atoms with Crippen LogP contribution in [0.15, 0.2) is 30.3 Å². The molecule has 1 amide bonds. The fourth-order valence-corrected chi connectivity index (χ4v) is 3.50. The molecule has 1 unspecified atom stereocenters. The van der Waals surface area contributed by atoms with Crippen molar-refractivity contribution in [3.63, 3.8) is 0 Å².